The lowest BCUT2D eigenvalue weighted by atomic mass is 10.0. The first-order valence-corrected chi connectivity index (χ1v) is 7.87. The van der Waals surface area contributed by atoms with Gasteiger partial charge in [0.15, 0.2) is 17.7 Å². The molecule has 0 N–H and O–H groups in total. The summed E-state index contributed by atoms with van der Waals surface area (Å²) in [7, 11) is 3.77. The van der Waals surface area contributed by atoms with Gasteiger partial charge in [0.25, 0.3) is 0 Å². The monoisotopic (exact) mass is 318 g/mol. The number of pyridine rings is 1. The van der Waals surface area contributed by atoms with Crippen molar-refractivity contribution in [3.05, 3.63) is 48.7 Å². The van der Waals surface area contributed by atoms with E-state index in [-0.39, 0.29) is 0 Å². The average Bonchev–Trinajstić information content (AvgIpc) is 3.06. The van der Waals surface area contributed by atoms with Crippen molar-refractivity contribution in [2.24, 2.45) is 7.05 Å². The zero-order valence-electron chi connectivity index (χ0n) is 13.5. The van der Waals surface area contributed by atoms with Gasteiger partial charge >= 0.3 is 0 Å². The molecular weight excluding hydrogens is 302 g/mol. The van der Waals surface area contributed by atoms with E-state index in [1.165, 1.54) is 16.3 Å². The molecule has 2 heterocycles. The van der Waals surface area contributed by atoms with Crippen LogP contribution in [0.1, 0.15) is 0 Å². The van der Waals surface area contributed by atoms with Crippen LogP contribution in [0.2, 0.25) is 0 Å². The van der Waals surface area contributed by atoms with E-state index in [1.807, 2.05) is 6.07 Å². The molecule has 24 heavy (non-hydrogen) atoms. The first-order chi connectivity index (χ1) is 11.7. The van der Waals surface area contributed by atoms with Crippen LogP contribution in [0.15, 0.2) is 48.7 Å². The largest absolute Gasteiger partial charge is 0.497 e. The number of rotatable bonds is 1. The van der Waals surface area contributed by atoms with E-state index in [0.29, 0.717) is 6.79 Å². The maximum Gasteiger partial charge on any atom is 0.231 e. The lowest BCUT2D eigenvalue weighted by molar-refractivity contribution is -0.642. The second-order valence-corrected chi connectivity index (χ2v) is 6.08. The molecule has 4 heteroatoms. The third kappa shape index (κ3) is 1.77. The van der Waals surface area contributed by atoms with E-state index < -0.39 is 0 Å². The average molecular weight is 318 g/mol. The number of methoxy groups -OCH3 is 1. The number of hydrogen-bond acceptors (Lipinski definition) is 3. The minimum atomic E-state index is 0.290. The van der Waals surface area contributed by atoms with Gasteiger partial charge in [0.1, 0.15) is 12.8 Å². The van der Waals surface area contributed by atoms with Gasteiger partial charge in [-0.1, -0.05) is 6.07 Å². The molecule has 4 nitrogen and oxygen atoms in total. The second kappa shape index (κ2) is 4.74. The van der Waals surface area contributed by atoms with Crippen molar-refractivity contribution in [3.8, 4) is 17.2 Å². The van der Waals surface area contributed by atoms with E-state index >= 15 is 0 Å². The predicted octanol–water partition coefficient (Wildman–Crippen LogP) is 3.71. The van der Waals surface area contributed by atoms with E-state index in [2.05, 4.69) is 54.2 Å². The van der Waals surface area contributed by atoms with Crippen molar-refractivity contribution in [2.75, 3.05) is 13.9 Å². The zero-order chi connectivity index (χ0) is 16.3. The van der Waals surface area contributed by atoms with Gasteiger partial charge < -0.3 is 14.2 Å². The molecular formula is C20H16NO3+. The van der Waals surface area contributed by atoms with Gasteiger partial charge in [0.05, 0.1) is 23.3 Å². The number of aryl methyl sites for hydroxylation is 1. The molecule has 0 saturated carbocycles. The van der Waals surface area contributed by atoms with Crippen LogP contribution < -0.4 is 18.8 Å². The molecule has 0 radical (unpaired) electrons. The fraction of sp³-hybridized carbons (Fsp3) is 0.150. The first kappa shape index (κ1) is 13.4. The summed E-state index contributed by atoms with van der Waals surface area (Å²) < 4.78 is 18.6. The quantitative estimate of drug-likeness (QED) is 0.396. The molecule has 0 bridgehead atoms. The summed E-state index contributed by atoms with van der Waals surface area (Å²) in [5.41, 5.74) is 1.18. The van der Waals surface area contributed by atoms with Gasteiger partial charge in [0, 0.05) is 5.39 Å². The van der Waals surface area contributed by atoms with Gasteiger partial charge in [-0.05, 0) is 41.8 Å². The number of nitrogens with zero attached hydrogens (tertiary/aromatic N) is 1. The Hall–Kier alpha value is -3.01. The Balaban J connectivity index is 1.94. The molecule has 4 aromatic rings. The number of ether oxygens (including phenoxy) is 3. The lowest BCUT2D eigenvalue weighted by Gasteiger charge is -2.08. The van der Waals surface area contributed by atoms with Crippen LogP contribution in [0.3, 0.4) is 0 Å². The molecule has 0 saturated heterocycles. The molecule has 1 aliphatic heterocycles. The summed E-state index contributed by atoms with van der Waals surface area (Å²) >= 11 is 0. The summed E-state index contributed by atoms with van der Waals surface area (Å²) in [6.07, 6.45) is 2.14. The Morgan fingerprint density at radius 2 is 1.67 bits per heavy atom. The van der Waals surface area contributed by atoms with Crippen molar-refractivity contribution in [2.45, 2.75) is 0 Å². The normalized spacial score (nSPS) is 13.1. The molecule has 0 amide bonds. The number of aromatic nitrogens is 1. The summed E-state index contributed by atoms with van der Waals surface area (Å²) in [6, 6.07) is 14.6. The molecule has 0 fully saturated rings. The Bertz CT molecular complexity index is 1130. The molecule has 0 aliphatic carbocycles. The predicted molar refractivity (Wildman–Crippen MR) is 92.8 cm³/mol. The smallest absolute Gasteiger partial charge is 0.231 e. The van der Waals surface area contributed by atoms with Crippen LogP contribution in [-0.2, 0) is 7.05 Å². The highest BCUT2D eigenvalue weighted by molar-refractivity contribution is 6.14. The molecule has 0 atom stereocenters. The highest BCUT2D eigenvalue weighted by Gasteiger charge is 2.19. The Morgan fingerprint density at radius 1 is 0.875 bits per heavy atom. The van der Waals surface area contributed by atoms with E-state index in [4.69, 9.17) is 14.2 Å². The van der Waals surface area contributed by atoms with Crippen molar-refractivity contribution < 1.29 is 18.8 Å². The van der Waals surface area contributed by atoms with Gasteiger partial charge in [-0.3, -0.25) is 0 Å². The number of hydrogen-bond donors (Lipinski definition) is 0. The van der Waals surface area contributed by atoms with E-state index in [1.54, 1.807) is 7.11 Å². The summed E-state index contributed by atoms with van der Waals surface area (Å²) in [5.74, 6) is 2.49. The molecule has 5 rings (SSSR count). The van der Waals surface area contributed by atoms with Crippen LogP contribution in [-0.4, -0.2) is 13.9 Å². The third-order valence-electron chi connectivity index (χ3n) is 4.72. The minimum absolute atomic E-state index is 0.290. The maximum atomic E-state index is 5.57. The van der Waals surface area contributed by atoms with Gasteiger partial charge in [-0.15, -0.1) is 0 Å². The summed E-state index contributed by atoms with van der Waals surface area (Å²) in [4.78, 5) is 0. The molecule has 1 aliphatic rings. The van der Waals surface area contributed by atoms with Crippen molar-refractivity contribution >= 4 is 32.4 Å². The van der Waals surface area contributed by atoms with E-state index in [0.717, 1.165) is 33.4 Å². The van der Waals surface area contributed by atoms with Gasteiger partial charge in [-0.2, -0.15) is 4.57 Å². The van der Waals surface area contributed by atoms with Crippen LogP contribution >= 0.6 is 0 Å². The van der Waals surface area contributed by atoms with Crippen LogP contribution in [0.4, 0.5) is 0 Å². The highest BCUT2D eigenvalue weighted by atomic mass is 16.7. The van der Waals surface area contributed by atoms with E-state index in [9.17, 15) is 0 Å². The Morgan fingerprint density at radius 3 is 2.50 bits per heavy atom. The van der Waals surface area contributed by atoms with Gasteiger partial charge in [-0.25, -0.2) is 0 Å². The minimum Gasteiger partial charge on any atom is -0.497 e. The second-order valence-electron chi connectivity index (χ2n) is 6.08. The lowest BCUT2D eigenvalue weighted by Crippen LogP contribution is -2.28. The van der Waals surface area contributed by atoms with Crippen molar-refractivity contribution in [3.63, 3.8) is 0 Å². The van der Waals surface area contributed by atoms with Crippen molar-refractivity contribution in [1.82, 2.24) is 0 Å². The SMILES string of the molecule is COc1ccc2c(c1)c[n+](C)c1c3cc4c(cc3ccc21)OCO4. The topological polar surface area (TPSA) is 31.6 Å². The fourth-order valence-electron chi connectivity index (χ4n) is 3.59. The van der Waals surface area contributed by atoms with Crippen LogP contribution in [0.25, 0.3) is 32.4 Å². The standard InChI is InChI=1S/C20H16NO3/c1-21-10-13-7-14(22-2)4-6-15(13)16-5-3-12-8-18-19(24-11-23-18)9-17(12)20(16)21/h3-10H,11H2,1-2H3/q+1. The number of benzene rings is 3. The third-order valence-corrected chi connectivity index (χ3v) is 4.72. The van der Waals surface area contributed by atoms with Crippen LogP contribution in [0.5, 0.6) is 17.2 Å². The molecule has 118 valence electrons. The number of fused-ring (bicyclic) bond motifs is 6. The highest BCUT2D eigenvalue weighted by Crippen LogP contribution is 2.39. The maximum absolute atomic E-state index is 5.57. The van der Waals surface area contributed by atoms with Crippen molar-refractivity contribution in [1.29, 1.82) is 0 Å². The fourth-order valence-corrected chi connectivity index (χ4v) is 3.59. The zero-order valence-corrected chi connectivity index (χ0v) is 13.5. The molecule has 0 spiro atoms. The Kier molecular flexibility index (Phi) is 2.65. The van der Waals surface area contributed by atoms with Gasteiger partial charge in [0.2, 0.25) is 12.3 Å². The summed E-state index contributed by atoms with van der Waals surface area (Å²) in [6.45, 7) is 0.290. The molecule has 1 aromatic heterocycles. The molecule has 0 unspecified atom stereocenters. The van der Waals surface area contributed by atoms with Crippen LogP contribution in [0, 0.1) is 0 Å². The molecule has 3 aromatic carbocycles. The Labute approximate surface area is 138 Å². The first-order valence-electron chi connectivity index (χ1n) is 7.87. The summed E-state index contributed by atoms with van der Waals surface area (Å²) in [5, 5.41) is 5.89.